The highest BCUT2D eigenvalue weighted by molar-refractivity contribution is 5.97. The Morgan fingerprint density at radius 3 is 2.71 bits per heavy atom. The Morgan fingerprint density at radius 2 is 1.88 bits per heavy atom. The van der Waals surface area contributed by atoms with Crippen LogP contribution in [-0.4, -0.2) is 102 Å². The van der Waals surface area contributed by atoms with Crippen LogP contribution in [0.3, 0.4) is 0 Å². The van der Waals surface area contributed by atoms with Crippen molar-refractivity contribution in [1.29, 1.82) is 0 Å². The van der Waals surface area contributed by atoms with Crippen LogP contribution in [0, 0.1) is 0 Å². The van der Waals surface area contributed by atoms with Gasteiger partial charge in [-0.3, -0.25) is 9.69 Å². The minimum atomic E-state index is -0.0599. The van der Waals surface area contributed by atoms with Crippen molar-refractivity contribution >= 4 is 29.0 Å². The van der Waals surface area contributed by atoms with Crippen LogP contribution in [0.15, 0.2) is 30.5 Å². The number of piperazine rings is 1. The largest absolute Gasteiger partial charge is 0.378 e. The van der Waals surface area contributed by atoms with E-state index in [9.17, 15) is 4.79 Å². The van der Waals surface area contributed by atoms with Crippen LogP contribution in [0.25, 0.3) is 28.4 Å². The number of carbonyl (C=O) groups excluding carboxylic acids is 1. The summed E-state index contributed by atoms with van der Waals surface area (Å²) in [5, 5.41) is 5.29. The molecule has 6 rings (SSSR count). The molecule has 1 aromatic carbocycles. The monoisotopic (exact) mass is 459 g/mol. The number of aromatic nitrogens is 4. The lowest BCUT2D eigenvalue weighted by molar-refractivity contribution is 0.0785. The van der Waals surface area contributed by atoms with Gasteiger partial charge in [-0.05, 0) is 30.7 Å². The highest BCUT2D eigenvalue weighted by Crippen LogP contribution is 2.31. The molecule has 9 heteroatoms. The third-order valence-electron chi connectivity index (χ3n) is 6.95. The van der Waals surface area contributed by atoms with Gasteiger partial charge in [0.1, 0.15) is 0 Å². The molecule has 0 radical (unpaired) electrons. The molecule has 4 heterocycles. The number of fused-ring (bicyclic) bond motifs is 2. The fraction of sp³-hybridized carbons (Fsp3) is 0.440. The summed E-state index contributed by atoms with van der Waals surface area (Å²) < 4.78 is 7.00. The molecule has 34 heavy (non-hydrogen) atoms. The number of hydrogen-bond donors (Lipinski definition) is 0. The van der Waals surface area contributed by atoms with E-state index in [1.807, 2.05) is 0 Å². The Hall–Kier alpha value is -3.14. The molecular formula is C25H29N7O2. The second-order valence-electron chi connectivity index (χ2n) is 9.26. The number of rotatable bonds is 4. The second kappa shape index (κ2) is 8.90. The van der Waals surface area contributed by atoms with E-state index in [4.69, 9.17) is 14.7 Å². The first-order valence-electron chi connectivity index (χ1n) is 12.0. The van der Waals surface area contributed by atoms with E-state index in [1.165, 1.54) is 15.8 Å². The summed E-state index contributed by atoms with van der Waals surface area (Å²) in [6, 6.07) is 6.44. The van der Waals surface area contributed by atoms with Crippen LogP contribution in [0.2, 0.25) is 0 Å². The summed E-state index contributed by atoms with van der Waals surface area (Å²) >= 11 is 0. The van der Waals surface area contributed by atoms with Gasteiger partial charge in [0.05, 0.1) is 37.0 Å². The number of nitrogens with zero attached hydrogens (tertiary/aromatic N) is 7. The van der Waals surface area contributed by atoms with Crippen molar-refractivity contribution in [3.05, 3.63) is 41.6 Å². The summed E-state index contributed by atoms with van der Waals surface area (Å²) in [5.41, 5.74) is 4.95. The topological polar surface area (TPSA) is 79.6 Å². The van der Waals surface area contributed by atoms with Gasteiger partial charge >= 0.3 is 0 Å². The van der Waals surface area contributed by atoms with Gasteiger partial charge in [0.15, 0.2) is 5.65 Å². The molecular weight excluding hydrogens is 430 g/mol. The third kappa shape index (κ3) is 4.00. The molecule has 2 saturated heterocycles. The zero-order valence-corrected chi connectivity index (χ0v) is 19.5. The molecule has 0 N–H and O–H groups in total. The van der Waals surface area contributed by atoms with Crippen molar-refractivity contribution in [1.82, 2.24) is 29.5 Å². The molecule has 3 aromatic rings. The highest BCUT2D eigenvalue weighted by atomic mass is 16.5. The minimum Gasteiger partial charge on any atom is -0.378 e. The molecule has 0 bridgehead atoms. The molecule has 2 aromatic heterocycles. The number of anilines is 1. The first kappa shape index (κ1) is 21.4. The number of morpholine rings is 1. The lowest BCUT2D eigenvalue weighted by atomic mass is 10.0. The second-order valence-corrected chi connectivity index (χ2v) is 9.26. The maximum atomic E-state index is 13.3. The van der Waals surface area contributed by atoms with Crippen LogP contribution >= 0.6 is 0 Å². The summed E-state index contributed by atoms with van der Waals surface area (Å²) in [6.45, 7) is 6.76. The van der Waals surface area contributed by atoms with Crippen LogP contribution in [0.5, 0.6) is 0 Å². The zero-order chi connectivity index (χ0) is 23.1. The average Bonchev–Trinajstić information content (AvgIpc) is 3.52. The summed E-state index contributed by atoms with van der Waals surface area (Å²) in [6.07, 6.45) is 7.00. The maximum absolute atomic E-state index is 13.3. The molecule has 2 aliphatic heterocycles. The standard InChI is InChI=1S/C25H29N7O2/c1-29-7-9-30(10-8-29)17-22(33)32-24-21(16-26-32)23(20-6-5-18-3-2-4-19(18)15-20)27-25(28-24)31-11-13-34-14-12-31/h2-3,5-6,15-16H,4,7-14,17H2,1H3. The van der Waals surface area contributed by atoms with Crippen molar-refractivity contribution < 1.29 is 9.53 Å². The Kier molecular flexibility index (Phi) is 5.60. The predicted molar refractivity (Wildman–Crippen MR) is 131 cm³/mol. The van der Waals surface area contributed by atoms with Gasteiger partial charge in [-0.1, -0.05) is 24.3 Å². The summed E-state index contributed by atoms with van der Waals surface area (Å²) in [7, 11) is 2.11. The molecule has 2 fully saturated rings. The number of likely N-dealkylation sites (N-methyl/N-ethyl adjacent to an activating group) is 1. The molecule has 176 valence electrons. The molecule has 0 unspecified atom stereocenters. The molecule has 0 amide bonds. The maximum Gasteiger partial charge on any atom is 0.263 e. The van der Waals surface area contributed by atoms with Crippen LogP contribution in [0.4, 0.5) is 5.95 Å². The van der Waals surface area contributed by atoms with Crippen molar-refractivity contribution in [2.75, 3.05) is 71.0 Å². The van der Waals surface area contributed by atoms with Gasteiger partial charge < -0.3 is 14.5 Å². The van der Waals surface area contributed by atoms with Crippen molar-refractivity contribution in [3.63, 3.8) is 0 Å². The van der Waals surface area contributed by atoms with Gasteiger partial charge in [-0.25, -0.2) is 4.98 Å². The number of ether oxygens (including phenoxy) is 1. The quantitative estimate of drug-likeness (QED) is 0.584. The molecule has 0 saturated carbocycles. The number of allylic oxidation sites excluding steroid dienone is 1. The van der Waals surface area contributed by atoms with Crippen LogP contribution in [-0.2, 0) is 11.2 Å². The van der Waals surface area contributed by atoms with Gasteiger partial charge in [0, 0.05) is 44.8 Å². The van der Waals surface area contributed by atoms with E-state index in [2.05, 4.69) is 57.2 Å². The minimum absolute atomic E-state index is 0.0599. The Labute approximate surface area is 198 Å². The zero-order valence-electron chi connectivity index (χ0n) is 19.5. The van der Waals surface area contributed by atoms with E-state index in [0.717, 1.165) is 62.3 Å². The number of benzene rings is 1. The van der Waals surface area contributed by atoms with Gasteiger partial charge in [-0.15, -0.1) is 0 Å². The van der Waals surface area contributed by atoms with Crippen molar-refractivity contribution in [3.8, 4) is 11.3 Å². The normalized spacial score (nSPS) is 19.1. The first-order valence-corrected chi connectivity index (χ1v) is 12.0. The van der Waals surface area contributed by atoms with Gasteiger partial charge in [0.2, 0.25) is 5.95 Å². The lowest BCUT2D eigenvalue weighted by Crippen LogP contribution is -2.47. The van der Waals surface area contributed by atoms with Crippen LogP contribution < -0.4 is 4.90 Å². The third-order valence-corrected chi connectivity index (χ3v) is 6.95. The first-order chi connectivity index (χ1) is 16.7. The summed E-state index contributed by atoms with van der Waals surface area (Å²) in [4.78, 5) is 29.7. The summed E-state index contributed by atoms with van der Waals surface area (Å²) in [5.74, 6) is 0.564. The average molecular weight is 460 g/mol. The van der Waals surface area contributed by atoms with E-state index < -0.39 is 0 Å². The Balaban J connectivity index is 1.40. The Bertz CT molecular complexity index is 1250. The molecule has 1 aliphatic carbocycles. The van der Waals surface area contributed by atoms with Gasteiger partial charge in [-0.2, -0.15) is 14.8 Å². The fourth-order valence-electron chi connectivity index (χ4n) is 4.87. The van der Waals surface area contributed by atoms with E-state index in [0.29, 0.717) is 31.4 Å². The molecule has 0 atom stereocenters. The van der Waals surface area contributed by atoms with E-state index in [1.54, 1.807) is 6.20 Å². The predicted octanol–water partition coefficient (Wildman–Crippen LogP) is 1.79. The Morgan fingerprint density at radius 1 is 1.06 bits per heavy atom. The molecule has 0 spiro atoms. The smallest absolute Gasteiger partial charge is 0.263 e. The number of carbonyl (C=O) groups is 1. The van der Waals surface area contributed by atoms with Crippen LogP contribution in [0.1, 0.15) is 15.9 Å². The van der Waals surface area contributed by atoms with E-state index in [-0.39, 0.29) is 5.91 Å². The molecule has 9 nitrogen and oxygen atoms in total. The SMILES string of the molecule is CN1CCN(CC(=O)n2ncc3c(-c4ccc5c(c4)CC=C5)nc(N4CCOCC4)nc32)CC1. The van der Waals surface area contributed by atoms with Gasteiger partial charge in [0.25, 0.3) is 5.91 Å². The molecule has 3 aliphatic rings. The number of hydrogen-bond acceptors (Lipinski definition) is 8. The highest BCUT2D eigenvalue weighted by Gasteiger charge is 2.24. The van der Waals surface area contributed by atoms with Crippen molar-refractivity contribution in [2.24, 2.45) is 0 Å². The van der Waals surface area contributed by atoms with E-state index >= 15 is 0 Å². The fourth-order valence-corrected chi connectivity index (χ4v) is 4.87. The van der Waals surface area contributed by atoms with Crippen molar-refractivity contribution in [2.45, 2.75) is 6.42 Å². The lowest BCUT2D eigenvalue weighted by Gasteiger charge is -2.31.